The monoisotopic (exact) mass is 676 g/mol. The van der Waals surface area contributed by atoms with Gasteiger partial charge in [-0.3, -0.25) is 33.8 Å². The van der Waals surface area contributed by atoms with Crippen molar-refractivity contribution < 1.29 is 28.8 Å². The zero-order valence-electron chi connectivity index (χ0n) is 30.0. The van der Waals surface area contributed by atoms with Crippen molar-refractivity contribution in [3.05, 3.63) is 24.3 Å². The second-order valence-electron chi connectivity index (χ2n) is 16.4. The van der Waals surface area contributed by atoms with Crippen molar-refractivity contribution in [1.29, 1.82) is 0 Å². The minimum Gasteiger partial charge on any atom is -0.344 e. The zero-order valence-corrected chi connectivity index (χ0v) is 30.0. The molecule has 2 heterocycles. The lowest BCUT2D eigenvalue weighted by Gasteiger charge is -2.38. The molecule has 3 saturated carbocycles. The van der Waals surface area contributed by atoms with E-state index < -0.39 is 35.1 Å². The van der Waals surface area contributed by atoms with Gasteiger partial charge in [-0.05, 0) is 74.0 Å². The van der Waals surface area contributed by atoms with Crippen LogP contribution in [0.3, 0.4) is 0 Å². The van der Waals surface area contributed by atoms with Crippen LogP contribution in [0.4, 0.5) is 0 Å². The third-order valence-corrected chi connectivity index (χ3v) is 11.6. The number of carbonyl (C=O) groups is 6. The molecule has 1 aromatic heterocycles. The Hall–Kier alpha value is -3.30. The summed E-state index contributed by atoms with van der Waals surface area (Å²) in [6, 6.07) is -1.60. The summed E-state index contributed by atoms with van der Waals surface area (Å²) in [5, 5.41) is 3.10. The summed E-state index contributed by atoms with van der Waals surface area (Å²) in [4.78, 5) is 92.3. The second kappa shape index (κ2) is 16.2. The maximum Gasteiger partial charge on any atom is 0.246 e. The summed E-state index contributed by atoms with van der Waals surface area (Å²) >= 11 is 0. The average Bonchev–Trinajstić information content (AvgIpc) is 3.65. The molecule has 0 spiro atoms. The summed E-state index contributed by atoms with van der Waals surface area (Å²) in [6.07, 6.45) is 15.2. The van der Waals surface area contributed by atoms with Crippen LogP contribution >= 0.6 is 0 Å². The van der Waals surface area contributed by atoms with E-state index in [4.69, 9.17) is 0 Å². The lowest BCUT2D eigenvalue weighted by molar-refractivity contribution is -0.146. The fourth-order valence-corrected chi connectivity index (χ4v) is 8.72. The number of ketones is 4. The standard InChI is InChI=1S/C39H56N4O6/c1-5-10-26(35(47)33(46)19-24-15-16-24)20-32(45)34-28-14-9-13-27(28)23-43(34)38(49)36(39(2,3)4)42-37(48)29(25-11-7-6-8-12-25)21-31(44)30-22-40-17-18-41-30/h17-18,22,24-29,34,36H,5-16,19-21,23H2,1-4H3,(H,42,48)/t26?,27-,28-,29+,34?,36+/m0/s1. The van der Waals surface area contributed by atoms with Crippen molar-refractivity contribution in [3.8, 4) is 0 Å². The van der Waals surface area contributed by atoms with Gasteiger partial charge in [-0.2, -0.15) is 0 Å². The van der Waals surface area contributed by atoms with Crippen molar-refractivity contribution >= 4 is 34.9 Å². The van der Waals surface area contributed by atoms with Gasteiger partial charge >= 0.3 is 0 Å². The van der Waals surface area contributed by atoms with Crippen LogP contribution in [0, 0.1) is 40.9 Å². The van der Waals surface area contributed by atoms with Crippen molar-refractivity contribution in [2.24, 2.45) is 40.9 Å². The Morgan fingerprint density at radius 3 is 2.29 bits per heavy atom. The molecule has 1 saturated heterocycles. The molecule has 2 amide bonds. The van der Waals surface area contributed by atoms with Crippen molar-refractivity contribution in [2.75, 3.05) is 6.54 Å². The number of hydrogen-bond donors (Lipinski definition) is 1. The molecular formula is C39H56N4O6. The van der Waals surface area contributed by atoms with Crippen molar-refractivity contribution in [3.63, 3.8) is 0 Å². The molecule has 49 heavy (non-hydrogen) atoms. The fourth-order valence-electron chi connectivity index (χ4n) is 8.72. The number of Topliss-reactive ketones (excluding diaryl/α,β-unsaturated/α-hetero) is 4. The zero-order chi connectivity index (χ0) is 35.3. The van der Waals surface area contributed by atoms with E-state index in [0.717, 1.165) is 64.2 Å². The van der Waals surface area contributed by atoms with Gasteiger partial charge in [0.25, 0.3) is 0 Å². The Morgan fingerprint density at radius 2 is 1.65 bits per heavy atom. The van der Waals surface area contributed by atoms with E-state index in [-0.39, 0.29) is 71.9 Å². The van der Waals surface area contributed by atoms with E-state index >= 15 is 0 Å². The molecule has 0 aromatic carbocycles. The summed E-state index contributed by atoms with van der Waals surface area (Å²) in [6.45, 7) is 8.11. The molecule has 6 atom stereocenters. The molecule has 1 N–H and O–H groups in total. The minimum absolute atomic E-state index is 0.00639. The third-order valence-electron chi connectivity index (χ3n) is 11.6. The van der Waals surface area contributed by atoms with Gasteiger partial charge in [0.1, 0.15) is 11.7 Å². The highest BCUT2D eigenvalue weighted by Gasteiger charge is 2.52. The van der Waals surface area contributed by atoms with Gasteiger partial charge < -0.3 is 10.2 Å². The van der Waals surface area contributed by atoms with Crippen LogP contribution in [0.25, 0.3) is 0 Å². The van der Waals surface area contributed by atoms with Crippen molar-refractivity contribution in [1.82, 2.24) is 20.2 Å². The smallest absolute Gasteiger partial charge is 0.246 e. The first-order valence-electron chi connectivity index (χ1n) is 18.9. The van der Waals surface area contributed by atoms with E-state index in [1.165, 1.54) is 18.6 Å². The van der Waals surface area contributed by atoms with E-state index in [1.54, 1.807) is 4.90 Å². The van der Waals surface area contributed by atoms with Crippen LogP contribution in [0.2, 0.25) is 0 Å². The first kappa shape index (κ1) is 37.0. The number of aromatic nitrogens is 2. The van der Waals surface area contributed by atoms with Gasteiger partial charge in [0.2, 0.25) is 17.6 Å². The normalized spacial score (nSPS) is 24.5. The highest BCUT2D eigenvalue weighted by atomic mass is 16.2. The van der Waals surface area contributed by atoms with Gasteiger partial charge in [0.05, 0.1) is 12.2 Å². The molecule has 4 aliphatic rings. The number of nitrogens with zero attached hydrogens (tertiary/aromatic N) is 3. The predicted octanol–water partition coefficient (Wildman–Crippen LogP) is 5.72. The van der Waals surface area contributed by atoms with Gasteiger partial charge in [-0.25, -0.2) is 4.98 Å². The Bertz CT molecular complexity index is 1380. The van der Waals surface area contributed by atoms with Gasteiger partial charge in [0, 0.05) is 50.0 Å². The van der Waals surface area contributed by atoms with E-state index in [2.05, 4.69) is 15.3 Å². The van der Waals surface area contributed by atoms with Crippen molar-refractivity contribution in [2.45, 2.75) is 136 Å². The molecule has 268 valence electrons. The number of hydrogen-bond acceptors (Lipinski definition) is 8. The number of likely N-dealkylation sites (tertiary alicyclic amines) is 1. The molecule has 0 radical (unpaired) electrons. The fraction of sp³-hybridized carbons (Fsp3) is 0.744. The first-order chi connectivity index (χ1) is 23.4. The molecule has 2 unspecified atom stereocenters. The maximum absolute atomic E-state index is 14.7. The number of amides is 2. The number of carbonyl (C=O) groups excluding carboxylic acids is 6. The van der Waals surface area contributed by atoms with Gasteiger partial charge in [-0.15, -0.1) is 0 Å². The molecule has 1 aliphatic heterocycles. The van der Waals surface area contributed by atoms with Crippen LogP contribution in [0.5, 0.6) is 0 Å². The largest absolute Gasteiger partial charge is 0.344 e. The van der Waals surface area contributed by atoms with Crippen LogP contribution in [-0.4, -0.2) is 68.4 Å². The Kier molecular flexibility index (Phi) is 12.2. The Morgan fingerprint density at radius 1 is 0.918 bits per heavy atom. The SMILES string of the molecule is CCCC(CC(=O)C1[C@H]2CCC[C@H]2CN1C(=O)[C@@H](NC(=O)[C@H](CC(=O)c1cnccn1)C1CCCCC1)C(C)(C)C)C(=O)C(=O)CC1CC1. The van der Waals surface area contributed by atoms with Crippen LogP contribution in [0.15, 0.2) is 18.6 Å². The topological polar surface area (TPSA) is 143 Å². The summed E-state index contributed by atoms with van der Waals surface area (Å²) in [7, 11) is 0. The van der Waals surface area contributed by atoms with E-state index in [1.807, 2.05) is 27.7 Å². The highest BCUT2D eigenvalue weighted by molar-refractivity contribution is 6.38. The molecular weight excluding hydrogens is 620 g/mol. The summed E-state index contributed by atoms with van der Waals surface area (Å²) in [5.41, 5.74) is -0.460. The molecule has 3 aliphatic carbocycles. The molecule has 10 nitrogen and oxygen atoms in total. The Balaban J connectivity index is 1.36. The summed E-state index contributed by atoms with van der Waals surface area (Å²) in [5.74, 6) is -2.59. The lowest BCUT2D eigenvalue weighted by atomic mass is 9.76. The minimum atomic E-state index is -0.917. The highest BCUT2D eigenvalue weighted by Crippen LogP contribution is 2.44. The maximum atomic E-state index is 14.7. The predicted molar refractivity (Wildman–Crippen MR) is 184 cm³/mol. The third kappa shape index (κ3) is 9.09. The van der Waals surface area contributed by atoms with Gasteiger partial charge in [0.15, 0.2) is 17.3 Å². The molecule has 4 fully saturated rings. The second-order valence-corrected chi connectivity index (χ2v) is 16.4. The molecule has 5 rings (SSSR count). The van der Waals surface area contributed by atoms with E-state index in [9.17, 15) is 28.8 Å². The van der Waals surface area contributed by atoms with Gasteiger partial charge in [-0.1, -0.05) is 59.8 Å². The molecule has 10 heteroatoms. The van der Waals surface area contributed by atoms with Crippen LogP contribution in [-0.2, 0) is 24.0 Å². The first-order valence-corrected chi connectivity index (χ1v) is 18.9. The number of fused-ring (bicyclic) bond motifs is 1. The van der Waals surface area contributed by atoms with E-state index in [0.29, 0.717) is 25.3 Å². The number of rotatable bonds is 16. The Labute approximate surface area is 291 Å². The average molecular weight is 677 g/mol. The van der Waals surface area contributed by atoms with Crippen LogP contribution < -0.4 is 5.32 Å². The molecule has 1 aromatic rings. The summed E-state index contributed by atoms with van der Waals surface area (Å²) < 4.78 is 0. The lowest BCUT2D eigenvalue weighted by Crippen LogP contribution is -2.58. The van der Waals surface area contributed by atoms with Crippen LogP contribution in [0.1, 0.15) is 134 Å². The quantitative estimate of drug-likeness (QED) is 0.173. The number of nitrogens with one attached hydrogen (secondary N) is 1. The molecule has 0 bridgehead atoms.